The van der Waals surface area contributed by atoms with E-state index in [-0.39, 0.29) is 4.90 Å². The van der Waals surface area contributed by atoms with Crippen molar-refractivity contribution < 1.29 is 13.0 Å². The monoisotopic (exact) mass is 254 g/mol. The predicted molar refractivity (Wildman–Crippen MR) is 63.5 cm³/mol. The lowest BCUT2D eigenvalue weighted by atomic mass is 10.2. The Hall–Kier alpha value is -1.43. The van der Waals surface area contributed by atoms with Crippen LogP contribution in [0.5, 0.6) is 0 Å². The number of benzene rings is 1. The molecule has 0 atom stereocenters. The molecule has 1 aromatic heterocycles. The van der Waals surface area contributed by atoms with Crippen molar-refractivity contribution in [3.05, 3.63) is 17.7 Å². The molecule has 1 aromatic carbocycles. The Kier molecular flexibility index (Phi) is 2.50. The van der Waals surface area contributed by atoms with Gasteiger partial charge in [0.1, 0.15) is 5.52 Å². The molecule has 92 valence electrons. The molecule has 0 N–H and O–H groups in total. The largest absolute Gasteiger partial charge is 0.243 e. The lowest BCUT2D eigenvalue weighted by Crippen LogP contribution is -2.28. The Labute approximate surface area is 99.7 Å². The third kappa shape index (κ3) is 1.72. The molecule has 0 radical (unpaired) electrons. The second kappa shape index (κ2) is 3.53. The Morgan fingerprint density at radius 1 is 1.12 bits per heavy atom. The number of sulfone groups is 1. The molecule has 17 heavy (non-hydrogen) atoms. The first-order valence-corrected chi connectivity index (χ1v) is 6.70. The lowest BCUT2D eigenvalue weighted by Gasteiger charge is -2.19. The van der Waals surface area contributed by atoms with Gasteiger partial charge in [0.15, 0.2) is 15.4 Å². The van der Waals surface area contributed by atoms with Gasteiger partial charge in [-0.1, -0.05) is 6.07 Å². The summed E-state index contributed by atoms with van der Waals surface area (Å²) in [5.74, 6) is 0. The van der Waals surface area contributed by atoms with Gasteiger partial charge in [-0.15, -0.1) is 0 Å². The van der Waals surface area contributed by atoms with Gasteiger partial charge < -0.3 is 0 Å². The quantitative estimate of drug-likeness (QED) is 0.779. The Bertz CT molecular complexity index is 666. The highest BCUT2D eigenvalue weighted by molar-refractivity contribution is 7.93. The van der Waals surface area contributed by atoms with E-state index >= 15 is 0 Å². The van der Waals surface area contributed by atoms with Gasteiger partial charge in [0.25, 0.3) is 0 Å². The van der Waals surface area contributed by atoms with Crippen LogP contribution in [0.25, 0.3) is 11.0 Å². The van der Waals surface area contributed by atoms with Crippen LogP contribution in [0.2, 0.25) is 0 Å². The van der Waals surface area contributed by atoms with E-state index in [1.54, 1.807) is 32.9 Å². The maximum absolute atomic E-state index is 12.4. The van der Waals surface area contributed by atoms with Gasteiger partial charge in [-0.25, -0.2) is 13.0 Å². The smallest absolute Gasteiger partial charge is 0.185 e. The molecule has 0 unspecified atom stereocenters. The minimum atomic E-state index is -3.45. The van der Waals surface area contributed by atoms with Gasteiger partial charge in [-0.3, -0.25) is 0 Å². The maximum atomic E-state index is 12.4. The molecule has 6 heteroatoms. The van der Waals surface area contributed by atoms with E-state index in [1.807, 2.05) is 6.92 Å². The van der Waals surface area contributed by atoms with Crippen LogP contribution < -0.4 is 0 Å². The molecule has 0 aliphatic heterocycles. The minimum absolute atomic E-state index is 0.173. The second-order valence-corrected chi connectivity index (χ2v) is 7.63. The van der Waals surface area contributed by atoms with Crippen LogP contribution in [0, 0.1) is 6.92 Å². The zero-order valence-electron chi connectivity index (χ0n) is 10.2. The molecular weight excluding hydrogens is 240 g/mol. The van der Waals surface area contributed by atoms with Gasteiger partial charge in [-0.2, -0.15) is 0 Å². The molecule has 2 aromatic rings. The van der Waals surface area contributed by atoms with E-state index in [0.717, 1.165) is 5.56 Å². The molecule has 0 saturated heterocycles. The van der Waals surface area contributed by atoms with E-state index < -0.39 is 14.6 Å². The van der Waals surface area contributed by atoms with Crippen LogP contribution in [-0.2, 0) is 9.84 Å². The van der Waals surface area contributed by atoms with Crippen LogP contribution in [0.3, 0.4) is 0 Å². The number of aromatic nitrogens is 2. The number of fused-ring (bicyclic) bond motifs is 1. The fourth-order valence-corrected chi connectivity index (χ4v) is 2.81. The van der Waals surface area contributed by atoms with Crippen molar-refractivity contribution in [2.24, 2.45) is 0 Å². The average molecular weight is 254 g/mol. The number of hydrogen-bond acceptors (Lipinski definition) is 5. The summed E-state index contributed by atoms with van der Waals surface area (Å²) in [6, 6.07) is 3.27. The van der Waals surface area contributed by atoms with E-state index in [4.69, 9.17) is 0 Å². The number of aryl methyl sites for hydroxylation is 1. The molecule has 0 aliphatic rings. The third-order valence-electron chi connectivity index (χ3n) is 2.68. The summed E-state index contributed by atoms with van der Waals surface area (Å²) in [4.78, 5) is 0.173. The van der Waals surface area contributed by atoms with Gasteiger partial charge in [-0.05, 0) is 49.6 Å². The molecule has 0 aliphatic carbocycles. The van der Waals surface area contributed by atoms with E-state index in [1.165, 1.54) is 0 Å². The lowest BCUT2D eigenvalue weighted by molar-refractivity contribution is 0.315. The van der Waals surface area contributed by atoms with Crippen LogP contribution in [0.4, 0.5) is 0 Å². The van der Waals surface area contributed by atoms with Gasteiger partial charge in [0, 0.05) is 0 Å². The first kappa shape index (κ1) is 12.0. The molecule has 1 heterocycles. The molecule has 0 amide bonds. The van der Waals surface area contributed by atoms with E-state index in [9.17, 15) is 8.42 Å². The van der Waals surface area contributed by atoms with Crippen LogP contribution in [0.15, 0.2) is 21.7 Å². The fourth-order valence-electron chi connectivity index (χ4n) is 1.51. The van der Waals surface area contributed by atoms with Crippen molar-refractivity contribution in [3.63, 3.8) is 0 Å². The Balaban J connectivity index is 2.82. The summed E-state index contributed by atoms with van der Waals surface area (Å²) < 4.78 is 28.5. The molecule has 5 nitrogen and oxygen atoms in total. The van der Waals surface area contributed by atoms with Gasteiger partial charge in [0.05, 0.1) is 9.64 Å². The Morgan fingerprint density at radius 2 is 1.71 bits per heavy atom. The highest BCUT2D eigenvalue weighted by Crippen LogP contribution is 2.30. The highest BCUT2D eigenvalue weighted by Gasteiger charge is 2.33. The summed E-state index contributed by atoms with van der Waals surface area (Å²) in [7, 11) is -3.45. The average Bonchev–Trinajstić information content (AvgIpc) is 2.65. The second-order valence-electron chi connectivity index (χ2n) is 4.96. The maximum Gasteiger partial charge on any atom is 0.185 e. The van der Waals surface area contributed by atoms with Crippen molar-refractivity contribution in [3.8, 4) is 0 Å². The summed E-state index contributed by atoms with van der Waals surface area (Å²) in [6.45, 7) is 6.80. The number of nitrogens with zero attached hydrogens (tertiary/aromatic N) is 2. The van der Waals surface area contributed by atoms with Crippen molar-refractivity contribution >= 4 is 20.9 Å². The van der Waals surface area contributed by atoms with Gasteiger partial charge >= 0.3 is 0 Å². The first-order valence-electron chi connectivity index (χ1n) is 5.21. The molecule has 2 rings (SSSR count). The molecular formula is C11H14N2O3S. The zero-order valence-corrected chi connectivity index (χ0v) is 11.0. The molecule has 0 bridgehead atoms. The summed E-state index contributed by atoms with van der Waals surface area (Å²) in [5, 5.41) is 7.42. The van der Waals surface area contributed by atoms with Crippen LogP contribution in [0.1, 0.15) is 26.3 Å². The molecule has 0 saturated carbocycles. The minimum Gasteiger partial charge on any atom is -0.243 e. The SMILES string of the molecule is Cc1ccc(S(=O)(=O)C(C)(C)C)c2nonc12. The fraction of sp³-hybridized carbons (Fsp3) is 0.455. The van der Waals surface area contributed by atoms with Crippen molar-refractivity contribution in [2.45, 2.75) is 37.3 Å². The molecule has 0 spiro atoms. The van der Waals surface area contributed by atoms with Crippen LogP contribution >= 0.6 is 0 Å². The van der Waals surface area contributed by atoms with Crippen molar-refractivity contribution in [2.75, 3.05) is 0 Å². The van der Waals surface area contributed by atoms with Crippen molar-refractivity contribution in [1.82, 2.24) is 10.3 Å². The normalized spacial score (nSPS) is 13.2. The topological polar surface area (TPSA) is 73.1 Å². The van der Waals surface area contributed by atoms with E-state index in [0.29, 0.717) is 11.0 Å². The van der Waals surface area contributed by atoms with Crippen molar-refractivity contribution in [1.29, 1.82) is 0 Å². The standard InChI is InChI=1S/C11H14N2O3S/c1-7-5-6-8(10-9(7)12-16-13-10)17(14,15)11(2,3)4/h5-6H,1-4H3. The van der Waals surface area contributed by atoms with Crippen LogP contribution in [-0.4, -0.2) is 23.5 Å². The summed E-state index contributed by atoms with van der Waals surface area (Å²) in [5.41, 5.74) is 1.64. The molecule has 0 fully saturated rings. The predicted octanol–water partition coefficient (Wildman–Crippen LogP) is 2.10. The van der Waals surface area contributed by atoms with Gasteiger partial charge in [0.2, 0.25) is 0 Å². The number of hydrogen-bond donors (Lipinski definition) is 0. The first-order chi connectivity index (χ1) is 7.75. The van der Waals surface area contributed by atoms with E-state index in [2.05, 4.69) is 14.9 Å². The zero-order chi connectivity index (χ0) is 12.8. The number of rotatable bonds is 1. The third-order valence-corrected chi connectivity index (χ3v) is 5.20. The summed E-state index contributed by atoms with van der Waals surface area (Å²) in [6.07, 6.45) is 0. The Morgan fingerprint density at radius 3 is 2.29 bits per heavy atom. The highest BCUT2D eigenvalue weighted by atomic mass is 32.2. The summed E-state index contributed by atoms with van der Waals surface area (Å²) >= 11 is 0.